The summed E-state index contributed by atoms with van der Waals surface area (Å²) in [7, 11) is 0. The number of ether oxygens (including phenoxy) is 1. The Morgan fingerprint density at radius 1 is 0.944 bits per heavy atom. The molecular formula is C30H34N4OS. The zero-order valence-electron chi connectivity index (χ0n) is 21.6. The van der Waals surface area contributed by atoms with Gasteiger partial charge in [-0.1, -0.05) is 68.8 Å². The highest BCUT2D eigenvalue weighted by molar-refractivity contribution is 7.71. The maximum Gasteiger partial charge on any atom is 0.204 e. The predicted octanol–water partition coefficient (Wildman–Crippen LogP) is 7.00. The average Bonchev–Trinajstić information content (AvgIpc) is 3.18. The Balaban J connectivity index is 1.45. The van der Waals surface area contributed by atoms with Crippen molar-refractivity contribution < 1.29 is 4.74 Å². The number of aryl methyl sites for hydroxylation is 2. The first-order valence-corrected chi connectivity index (χ1v) is 13.0. The van der Waals surface area contributed by atoms with E-state index in [1.165, 1.54) is 22.4 Å². The van der Waals surface area contributed by atoms with Crippen LogP contribution >= 0.6 is 12.2 Å². The Bertz CT molecular complexity index is 1390. The first kappa shape index (κ1) is 24.3. The fourth-order valence-corrected chi connectivity index (χ4v) is 5.02. The molecule has 0 saturated heterocycles. The van der Waals surface area contributed by atoms with Gasteiger partial charge in [0.1, 0.15) is 19.0 Å². The summed E-state index contributed by atoms with van der Waals surface area (Å²) in [6.07, 6.45) is 2.24. The van der Waals surface area contributed by atoms with Crippen molar-refractivity contribution in [1.29, 1.82) is 0 Å². The van der Waals surface area contributed by atoms with Gasteiger partial charge in [-0.25, -0.2) is 4.68 Å². The zero-order chi connectivity index (χ0) is 25.3. The summed E-state index contributed by atoms with van der Waals surface area (Å²) in [4.78, 5) is 2.37. The summed E-state index contributed by atoms with van der Waals surface area (Å²) in [5.41, 5.74) is 6.25. The van der Waals surface area contributed by atoms with Crippen LogP contribution in [0.1, 0.15) is 49.7 Å². The van der Waals surface area contributed by atoms with Crippen LogP contribution in [0.15, 0.2) is 72.8 Å². The zero-order valence-corrected chi connectivity index (χ0v) is 22.4. The smallest absolute Gasteiger partial charge is 0.204 e. The van der Waals surface area contributed by atoms with Gasteiger partial charge < -0.3 is 9.64 Å². The second-order valence-corrected chi connectivity index (χ2v) is 10.9. The molecule has 0 spiro atoms. The van der Waals surface area contributed by atoms with Gasteiger partial charge in [-0.15, -0.1) is 0 Å². The number of hydrogen-bond donors (Lipinski definition) is 0. The first-order chi connectivity index (χ1) is 17.3. The highest BCUT2D eigenvalue weighted by atomic mass is 32.1. The second kappa shape index (κ2) is 9.94. The maximum atomic E-state index is 6.20. The maximum absolute atomic E-state index is 6.20. The van der Waals surface area contributed by atoms with Crippen molar-refractivity contribution in [3.63, 3.8) is 0 Å². The lowest BCUT2D eigenvalue weighted by Gasteiger charge is -2.30. The standard InChI is InChI=1S/C30H34N4OS/c1-22-11-15-25(16-12-22)34-28(20-35-26-17-13-24(14-18-26)30(2,3)4)31-33(29(34)36)21-32-19-7-9-23-8-5-6-10-27(23)32/h5-6,8,10-18H,7,9,19-21H2,1-4H3. The Morgan fingerprint density at radius 3 is 2.39 bits per heavy atom. The van der Waals surface area contributed by atoms with Gasteiger partial charge in [0.05, 0.1) is 0 Å². The third kappa shape index (κ3) is 5.09. The highest BCUT2D eigenvalue weighted by Crippen LogP contribution is 2.28. The van der Waals surface area contributed by atoms with Crippen LogP contribution in [0.25, 0.3) is 5.69 Å². The summed E-state index contributed by atoms with van der Waals surface area (Å²) in [6.45, 7) is 10.7. The van der Waals surface area contributed by atoms with Crippen LogP contribution in [0.4, 0.5) is 5.69 Å². The molecule has 0 unspecified atom stereocenters. The molecular weight excluding hydrogens is 464 g/mol. The van der Waals surface area contributed by atoms with Gasteiger partial charge in [-0.2, -0.15) is 5.10 Å². The van der Waals surface area contributed by atoms with E-state index < -0.39 is 0 Å². The largest absolute Gasteiger partial charge is 0.486 e. The summed E-state index contributed by atoms with van der Waals surface area (Å²) >= 11 is 5.96. The molecule has 0 bridgehead atoms. The van der Waals surface area contributed by atoms with Gasteiger partial charge in [0.2, 0.25) is 4.77 Å². The minimum Gasteiger partial charge on any atom is -0.486 e. The molecule has 0 amide bonds. The first-order valence-electron chi connectivity index (χ1n) is 12.6. The molecule has 0 N–H and O–H groups in total. The van der Waals surface area contributed by atoms with E-state index in [1.54, 1.807) is 0 Å². The molecule has 2 heterocycles. The van der Waals surface area contributed by atoms with Crippen LogP contribution in [-0.4, -0.2) is 20.9 Å². The molecule has 3 aromatic carbocycles. The number of rotatable bonds is 6. The fourth-order valence-electron chi connectivity index (χ4n) is 4.71. The molecule has 1 aliphatic heterocycles. The Hall–Kier alpha value is -3.38. The minimum atomic E-state index is 0.107. The van der Waals surface area contributed by atoms with E-state index in [0.29, 0.717) is 18.0 Å². The SMILES string of the molecule is Cc1ccc(-n2c(COc3ccc(C(C)(C)C)cc3)nn(CN3CCCc4ccccc43)c2=S)cc1. The third-order valence-electron chi connectivity index (χ3n) is 6.80. The van der Waals surface area contributed by atoms with Gasteiger partial charge >= 0.3 is 0 Å². The van der Waals surface area contributed by atoms with Crippen molar-refractivity contribution in [3.8, 4) is 11.4 Å². The van der Waals surface area contributed by atoms with Gasteiger partial charge in [-0.3, -0.25) is 4.57 Å². The van der Waals surface area contributed by atoms with E-state index >= 15 is 0 Å². The summed E-state index contributed by atoms with van der Waals surface area (Å²) in [5.74, 6) is 1.61. The number of fused-ring (bicyclic) bond motifs is 1. The minimum absolute atomic E-state index is 0.107. The number of anilines is 1. The molecule has 36 heavy (non-hydrogen) atoms. The Labute approximate surface area is 219 Å². The van der Waals surface area contributed by atoms with E-state index in [-0.39, 0.29) is 5.41 Å². The van der Waals surface area contributed by atoms with Crippen LogP contribution in [0, 0.1) is 11.7 Å². The second-order valence-electron chi connectivity index (χ2n) is 10.6. The molecule has 0 aliphatic carbocycles. The van der Waals surface area contributed by atoms with E-state index in [1.807, 2.05) is 21.4 Å². The highest BCUT2D eigenvalue weighted by Gasteiger charge is 2.20. The van der Waals surface area contributed by atoms with Crippen LogP contribution in [-0.2, 0) is 25.1 Å². The number of benzene rings is 3. The third-order valence-corrected chi connectivity index (χ3v) is 7.19. The molecule has 0 atom stereocenters. The average molecular weight is 499 g/mol. The van der Waals surface area contributed by atoms with Crippen molar-refractivity contribution in [3.05, 3.63) is 100 Å². The van der Waals surface area contributed by atoms with E-state index in [0.717, 1.165) is 36.6 Å². The van der Waals surface area contributed by atoms with Gasteiger partial charge in [0.15, 0.2) is 5.82 Å². The molecule has 4 aromatic rings. The van der Waals surface area contributed by atoms with Gasteiger partial charge in [-0.05, 0) is 78.9 Å². The van der Waals surface area contributed by atoms with Crippen LogP contribution in [0.5, 0.6) is 5.75 Å². The number of nitrogens with zero attached hydrogens (tertiary/aromatic N) is 4. The normalized spacial score (nSPS) is 13.5. The quantitative estimate of drug-likeness (QED) is 0.268. The monoisotopic (exact) mass is 498 g/mol. The Morgan fingerprint density at radius 2 is 1.67 bits per heavy atom. The van der Waals surface area contributed by atoms with E-state index in [4.69, 9.17) is 22.1 Å². The molecule has 5 rings (SSSR count). The van der Waals surface area contributed by atoms with Crippen LogP contribution < -0.4 is 9.64 Å². The fraction of sp³-hybridized carbons (Fsp3) is 0.333. The van der Waals surface area contributed by atoms with Gasteiger partial charge in [0.25, 0.3) is 0 Å². The van der Waals surface area contributed by atoms with Gasteiger partial charge in [0, 0.05) is 17.9 Å². The molecule has 1 aliphatic rings. The molecule has 0 radical (unpaired) electrons. The predicted molar refractivity (Wildman–Crippen MR) is 149 cm³/mol. The van der Waals surface area contributed by atoms with Crippen molar-refractivity contribution in [2.45, 2.75) is 59.2 Å². The van der Waals surface area contributed by atoms with Crippen molar-refractivity contribution >= 4 is 17.9 Å². The number of hydrogen-bond acceptors (Lipinski definition) is 4. The van der Waals surface area contributed by atoms with Crippen molar-refractivity contribution in [1.82, 2.24) is 14.3 Å². The molecule has 0 saturated carbocycles. The number of para-hydroxylation sites is 1. The van der Waals surface area contributed by atoms with Crippen molar-refractivity contribution in [2.24, 2.45) is 0 Å². The van der Waals surface area contributed by atoms with Crippen molar-refractivity contribution in [2.75, 3.05) is 11.4 Å². The number of aromatic nitrogens is 3. The van der Waals surface area contributed by atoms with Crippen LogP contribution in [0.3, 0.4) is 0 Å². The summed E-state index contributed by atoms with van der Waals surface area (Å²) < 4.78 is 10.8. The molecule has 186 valence electrons. The molecule has 1 aromatic heterocycles. The van der Waals surface area contributed by atoms with E-state index in [2.05, 4.69) is 93.3 Å². The molecule has 0 fully saturated rings. The molecule has 6 heteroatoms. The van der Waals surface area contributed by atoms with Crippen LogP contribution in [0.2, 0.25) is 0 Å². The summed E-state index contributed by atoms with van der Waals surface area (Å²) in [5, 5.41) is 4.96. The topological polar surface area (TPSA) is 35.2 Å². The Kier molecular flexibility index (Phi) is 6.71. The summed E-state index contributed by atoms with van der Waals surface area (Å²) in [6, 6.07) is 25.4. The lowest BCUT2D eigenvalue weighted by Crippen LogP contribution is -2.32. The lowest BCUT2D eigenvalue weighted by atomic mass is 9.87. The van der Waals surface area contributed by atoms with E-state index in [9.17, 15) is 0 Å². The lowest BCUT2D eigenvalue weighted by molar-refractivity contribution is 0.292. The molecule has 5 nitrogen and oxygen atoms in total.